The highest BCUT2D eigenvalue weighted by Crippen LogP contribution is 2.18. The lowest BCUT2D eigenvalue weighted by molar-refractivity contribution is 0.420. The number of allylic oxidation sites excluding steroid dienone is 1. The molecule has 0 aromatic carbocycles. The molecule has 0 saturated carbocycles. The molecule has 1 heteroatoms. The van der Waals surface area contributed by atoms with E-state index >= 15 is 0 Å². The first-order valence-electron chi connectivity index (χ1n) is 3.84. The second kappa shape index (κ2) is 3.77. The fourth-order valence-electron chi connectivity index (χ4n) is 0.636. The van der Waals surface area contributed by atoms with E-state index in [0.717, 1.165) is 6.42 Å². The molecule has 0 bridgehead atoms. The molecule has 2 N–H and O–H groups in total. The van der Waals surface area contributed by atoms with Gasteiger partial charge >= 0.3 is 0 Å². The predicted octanol–water partition coefficient (Wildman–Crippen LogP) is 2.33. The van der Waals surface area contributed by atoms with Gasteiger partial charge in [-0.1, -0.05) is 32.9 Å². The van der Waals surface area contributed by atoms with E-state index in [9.17, 15) is 0 Å². The van der Waals surface area contributed by atoms with Gasteiger partial charge in [-0.15, -0.1) is 0 Å². The molecule has 1 atom stereocenters. The molecule has 0 aliphatic heterocycles. The summed E-state index contributed by atoms with van der Waals surface area (Å²) >= 11 is 0. The molecule has 0 saturated heterocycles. The maximum absolute atomic E-state index is 5.53. The van der Waals surface area contributed by atoms with Crippen LogP contribution >= 0.6 is 0 Å². The van der Waals surface area contributed by atoms with Crippen molar-refractivity contribution in [3.63, 3.8) is 0 Å². The fraction of sp³-hybridized carbons (Fsp3) is 0.778. The van der Waals surface area contributed by atoms with Gasteiger partial charge in [0.05, 0.1) is 0 Å². The summed E-state index contributed by atoms with van der Waals surface area (Å²) < 4.78 is 0. The van der Waals surface area contributed by atoms with Gasteiger partial charge in [0.15, 0.2) is 0 Å². The van der Waals surface area contributed by atoms with Crippen LogP contribution in [-0.4, -0.2) is 6.04 Å². The van der Waals surface area contributed by atoms with Gasteiger partial charge in [0.1, 0.15) is 0 Å². The average molecular weight is 141 g/mol. The SMILES string of the molecule is CC(N)/C=C/CC(C)(C)C. The summed E-state index contributed by atoms with van der Waals surface area (Å²) in [5.74, 6) is 0. The monoisotopic (exact) mass is 141 g/mol. The van der Waals surface area contributed by atoms with E-state index in [0.29, 0.717) is 5.41 Å². The van der Waals surface area contributed by atoms with Gasteiger partial charge in [-0.3, -0.25) is 0 Å². The summed E-state index contributed by atoms with van der Waals surface area (Å²) in [5, 5.41) is 0. The summed E-state index contributed by atoms with van der Waals surface area (Å²) in [6.45, 7) is 8.65. The smallest absolute Gasteiger partial charge is 0.0194 e. The summed E-state index contributed by atoms with van der Waals surface area (Å²) in [4.78, 5) is 0. The molecular formula is C9H19N. The van der Waals surface area contributed by atoms with Crippen molar-refractivity contribution < 1.29 is 0 Å². The van der Waals surface area contributed by atoms with E-state index in [1.165, 1.54) is 0 Å². The van der Waals surface area contributed by atoms with Crippen LogP contribution in [0.1, 0.15) is 34.1 Å². The molecule has 0 aromatic heterocycles. The minimum atomic E-state index is 0.197. The molecule has 0 aliphatic rings. The Morgan fingerprint density at radius 1 is 1.40 bits per heavy atom. The Hall–Kier alpha value is -0.300. The Morgan fingerprint density at radius 3 is 2.20 bits per heavy atom. The Kier molecular flexibility index (Phi) is 3.66. The van der Waals surface area contributed by atoms with Crippen LogP contribution in [0.25, 0.3) is 0 Å². The molecule has 0 aromatic rings. The van der Waals surface area contributed by atoms with Crippen LogP contribution in [0.2, 0.25) is 0 Å². The standard InChI is InChI=1S/C9H19N/c1-8(10)6-5-7-9(2,3)4/h5-6,8H,7,10H2,1-4H3/b6-5+. The van der Waals surface area contributed by atoms with Crippen molar-refractivity contribution in [1.29, 1.82) is 0 Å². The first-order chi connectivity index (χ1) is 4.42. The fourth-order valence-corrected chi connectivity index (χ4v) is 0.636. The first-order valence-corrected chi connectivity index (χ1v) is 3.84. The Bertz CT molecular complexity index is 106. The predicted molar refractivity (Wildman–Crippen MR) is 46.9 cm³/mol. The third-order valence-corrected chi connectivity index (χ3v) is 1.17. The largest absolute Gasteiger partial charge is 0.325 e. The molecule has 0 amide bonds. The maximum atomic E-state index is 5.53. The molecule has 0 radical (unpaired) electrons. The van der Waals surface area contributed by atoms with Gasteiger partial charge in [-0.2, -0.15) is 0 Å². The molecular weight excluding hydrogens is 122 g/mol. The van der Waals surface area contributed by atoms with Crippen LogP contribution in [0.15, 0.2) is 12.2 Å². The normalized spacial score (nSPS) is 16.1. The summed E-state index contributed by atoms with van der Waals surface area (Å²) in [6.07, 6.45) is 5.31. The van der Waals surface area contributed by atoms with Crippen molar-refractivity contribution in [3.05, 3.63) is 12.2 Å². The lowest BCUT2D eigenvalue weighted by Crippen LogP contribution is -2.11. The van der Waals surface area contributed by atoms with Crippen molar-refractivity contribution in [3.8, 4) is 0 Å². The zero-order valence-electron chi connectivity index (χ0n) is 7.52. The minimum absolute atomic E-state index is 0.197. The average Bonchev–Trinajstić information content (AvgIpc) is 1.59. The summed E-state index contributed by atoms with van der Waals surface area (Å²) in [6, 6.07) is 0.197. The van der Waals surface area contributed by atoms with Crippen LogP contribution in [0.5, 0.6) is 0 Å². The molecule has 0 fully saturated rings. The first kappa shape index (κ1) is 9.70. The van der Waals surface area contributed by atoms with Gasteiger partial charge in [0, 0.05) is 6.04 Å². The molecule has 1 nitrogen and oxygen atoms in total. The van der Waals surface area contributed by atoms with Gasteiger partial charge < -0.3 is 5.73 Å². The van der Waals surface area contributed by atoms with E-state index < -0.39 is 0 Å². The van der Waals surface area contributed by atoms with Crippen LogP contribution in [-0.2, 0) is 0 Å². The Labute approximate surface area is 64.3 Å². The Balaban J connectivity index is 3.54. The third-order valence-electron chi connectivity index (χ3n) is 1.17. The van der Waals surface area contributed by atoms with Crippen molar-refractivity contribution in [2.45, 2.75) is 40.2 Å². The lowest BCUT2D eigenvalue weighted by atomic mass is 9.92. The number of hydrogen-bond acceptors (Lipinski definition) is 1. The minimum Gasteiger partial charge on any atom is -0.325 e. The molecule has 10 heavy (non-hydrogen) atoms. The number of nitrogens with two attached hydrogens (primary N) is 1. The van der Waals surface area contributed by atoms with E-state index in [2.05, 4.69) is 26.8 Å². The maximum Gasteiger partial charge on any atom is 0.0194 e. The molecule has 60 valence electrons. The number of hydrogen-bond donors (Lipinski definition) is 1. The van der Waals surface area contributed by atoms with E-state index in [1.807, 2.05) is 13.0 Å². The quantitative estimate of drug-likeness (QED) is 0.587. The van der Waals surface area contributed by atoms with E-state index in [-0.39, 0.29) is 6.04 Å². The highest BCUT2D eigenvalue weighted by Gasteiger charge is 2.05. The third kappa shape index (κ3) is 7.70. The van der Waals surface area contributed by atoms with Gasteiger partial charge in [-0.25, -0.2) is 0 Å². The highest BCUT2D eigenvalue weighted by molar-refractivity contribution is 4.91. The van der Waals surface area contributed by atoms with Gasteiger partial charge in [0.2, 0.25) is 0 Å². The van der Waals surface area contributed by atoms with Crippen LogP contribution < -0.4 is 5.73 Å². The summed E-state index contributed by atoms with van der Waals surface area (Å²) in [7, 11) is 0. The molecule has 0 rings (SSSR count). The van der Waals surface area contributed by atoms with E-state index in [1.54, 1.807) is 0 Å². The van der Waals surface area contributed by atoms with Gasteiger partial charge in [0.25, 0.3) is 0 Å². The summed E-state index contributed by atoms with van der Waals surface area (Å²) in [5.41, 5.74) is 5.93. The number of rotatable bonds is 2. The zero-order chi connectivity index (χ0) is 8.20. The van der Waals surface area contributed by atoms with Crippen molar-refractivity contribution >= 4 is 0 Å². The zero-order valence-corrected chi connectivity index (χ0v) is 7.52. The Morgan fingerprint density at radius 2 is 1.90 bits per heavy atom. The highest BCUT2D eigenvalue weighted by atomic mass is 14.6. The molecule has 0 aliphatic carbocycles. The molecule has 1 unspecified atom stereocenters. The van der Waals surface area contributed by atoms with Crippen molar-refractivity contribution in [2.24, 2.45) is 11.1 Å². The van der Waals surface area contributed by atoms with E-state index in [4.69, 9.17) is 5.73 Å². The second-order valence-corrected chi connectivity index (χ2v) is 4.05. The lowest BCUT2D eigenvalue weighted by Gasteiger charge is -2.14. The van der Waals surface area contributed by atoms with Crippen LogP contribution in [0.4, 0.5) is 0 Å². The van der Waals surface area contributed by atoms with Crippen LogP contribution in [0.3, 0.4) is 0 Å². The van der Waals surface area contributed by atoms with Crippen molar-refractivity contribution in [1.82, 2.24) is 0 Å². The second-order valence-electron chi connectivity index (χ2n) is 4.05. The van der Waals surface area contributed by atoms with Gasteiger partial charge in [-0.05, 0) is 18.8 Å². The van der Waals surface area contributed by atoms with Crippen molar-refractivity contribution in [2.75, 3.05) is 0 Å². The molecule has 0 spiro atoms. The topological polar surface area (TPSA) is 26.0 Å². The van der Waals surface area contributed by atoms with Crippen LogP contribution in [0, 0.1) is 5.41 Å². The molecule has 0 heterocycles.